The van der Waals surface area contributed by atoms with Crippen LogP contribution in [0, 0.1) is 0 Å². The number of benzene rings is 1. The van der Waals surface area contributed by atoms with Crippen LogP contribution in [-0.2, 0) is 20.8 Å². The van der Waals surface area contributed by atoms with E-state index in [1.54, 1.807) is 12.0 Å². The molecule has 2 amide bonds. The maximum absolute atomic E-state index is 13.1. The average molecular weight is 392 g/mol. The molecule has 2 heterocycles. The number of amides is 2. The second-order valence-electron chi connectivity index (χ2n) is 7.29. The fraction of sp³-hybridized carbons (Fsp3) is 0.600. The van der Waals surface area contributed by atoms with E-state index in [0.717, 1.165) is 24.2 Å². The summed E-state index contributed by atoms with van der Waals surface area (Å²) in [7, 11) is 1.60. The van der Waals surface area contributed by atoms with Gasteiger partial charge < -0.3 is 29.5 Å². The first kappa shape index (κ1) is 20.4. The first-order valence-electron chi connectivity index (χ1n) is 9.65. The quantitative estimate of drug-likeness (QED) is 0.737. The van der Waals surface area contributed by atoms with E-state index in [-0.39, 0.29) is 18.9 Å². The van der Waals surface area contributed by atoms with Crippen LogP contribution in [0.1, 0.15) is 31.2 Å². The van der Waals surface area contributed by atoms with E-state index < -0.39 is 17.5 Å². The van der Waals surface area contributed by atoms with Crippen LogP contribution in [0.15, 0.2) is 24.3 Å². The molecule has 0 bridgehead atoms. The molecule has 0 aromatic heterocycles. The molecule has 2 aliphatic rings. The van der Waals surface area contributed by atoms with E-state index in [1.807, 2.05) is 24.3 Å². The van der Waals surface area contributed by atoms with Gasteiger partial charge in [-0.1, -0.05) is 12.1 Å². The predicted molar refractivity (Wildman–Crippen MR) is 101 cm³/mol. The first-order valence-corrected chi connectivity index (χ1v) is 9.65. The van der Waals surface area contributed by atoms with Gasteiger partial charge in [-0.3, -0.25) is 0 Å². The molecular weight excluding hydrogens is 364 g/mol. The number of methoxy groups -OCH3 is 1. The van der Waals surface area contributed by atoms with Crippen LogP contribution in [0.4, 0.5) is 4.79 Å². The Kier molecular flexibility index (Phi) is 6.74. The molecule has 8 nitrogen and oxygen atoms in total. The van der Waals surface area contributed by atoms with Gasteiger partial charge in [0, 0.05) is 45.8 Å². The molecule has 28 heavy (non-hydrogen) atoms. The molecule has 2 aliphatic heterocycles. The molecule has 2 saturated heterocycles. The Labute approximate surface area is 164 Å². The third-order valence-corrected chi connectivity index (χ3v) is 5.37. The zero-order valence-electron chi connectivity index (χ0n) is 16.2. The number of hydrogen-bond donors (Lipinski definition) is 2. The number of nitrogens with one attached hydrogen (secondary N) is 1. The summed E-state index contributed by atoms with van der Waals surface area (Å²) in [5.74, 6) is -0.281. The second kappa shape index (κ2) is 9.25. The summed E-state index contributed by atoms with van der Waals surface area (Å²) in [5, 5.41) is 12.5. The minimum Gasteiger partial charge on any atom is -0.497 e. The lowest BCUT2D eigenvalue weighted by molar-refractivity contribution is -0.148. The third-order valence-electron chi connectivity index (χ3n) is 5.37. The molecule has 154 valence electrons. The van der Waals surface area contributed by atoms with Gasteiger partial charge in [-0.15, -0.1) is 0 Å². The van der Waals surface area contributed by atoms with Crippen molar-refractivity contribution in [1.29, 1.82) is 0 Å². The van der Waals surface area contributed by atoms with Crippen molar-refractivity contribution < 1.29 is 28.9 Å². The van der Waals surface area contributed by atoms with E-state index in [4.69, 9.17) is 14.2 Å². The van der Waals surface area contributed by atoms with Gasteiger partial charge in [0.1, 0.15) is 11.3 Å². The van der Waals surface area contributed by atoms with Crippen LogP contribution >= 0.6 is 0 Å². The summed E-state index contributed by atoms with van der Waals surface area (Å²) in [6, 6.07) is 7.09. The Morgan fingerprint density at radius 1 is 1.25 bits per heavy atom. The lowest BCUT2D eigenvalue weighted by Gasteiger charge is -2.36. The molecule has 0 saturated carbocycles. The lowest BCUT2D eigenvalue weighted by atomic mass is 9.90. The standard InChI is InChI=1S/C20H28N2O6/c1-26-16-6-4-15(5-7-16)13-22(14-17-3-2-10-28-17)19(25)21-20(18(23)24)8-11-27-12-9-20/h4-7,17H,2-3,8-14H2,1H3,(H,21,25)(H,23,24). The fourth-order valence-electron chi connectivity index (χ4n) is 3.60. The lowest BCUT2D eigenvalue weighted by Crippen LogP contribution is -2.60. The number of aliphatic carboxylic acids is 1. The van der Waals surface area contributed by atoms with Crippen molar-refractivity contribution in [2.24, 2.45) is 0 Å². The second-order valence-corrected chi connectivity index (χ2v) is 7.29. The number of carbonyl (C=O) groups excluding carboxylic acids is 1. The number of urea groups is 1. The summed E-state index contributed by atoms with van der Waals surface area (Å²) in [5.41, 5.74) is -0.352. The number of carboxylic acid groups (broad SMARTS) is 1. The number of carboxylic acids is 1. The van der Waals surface area contributed by atoms with Gasteiger partial charge >= 0.3 is 12.0 Å². The Balaban J connectivity index is 1.74. The zero-order chi connectivity index (χ0) is 20.0. The first-order chi connectivity index (χ1) is 13.5. The highest BCUT2D eigenvalue weighted by atomic mass is 16.5. The maximum Gasteiger partial charge on any atom is 0.329 e. The van der Waals surface area contributed by atoms with Crippen molar-refractivity contribution >= 4 is 12.0 Å². The van der Waals surface area contributed by atoms with Crippen LogP contribution < -0.4 is 10.1 Å². The number of ether oxygens (including phenoxy) is 3. The van der Waals surface area contributed by atoms with Crippen LogP contribution in [0.3, 0.4) is 0 Å². The van der Waals surface area contributed by atoms with E-state index in [0.29, 0.717) is 32.9 Å². The molecule has 1 atom stereocenters. The van der Waals surface area contributed by atoms with Crippen LogP contribution in [0.25, 0.3) is 0 Å². The minimum absolute atomic E-state index is 0.0283. The minimum atomic E-state index is -1.29. The van der Waals surface area contributed by atoms with Crippen molar-refractivity contribution in [1.82, 2.24) is 10.2 Å². The Morgan fingerprint density at radius 2 is 1.96 bits per heavy atom. The average Bonchev–Trinajstić information content (AvgIpc) is 3.22. The molecule has 3 rings (SSSR count). The Bertz CT molecular complexity index is 666. The van der Waals surface area contributed by atoms with E-state index in [9.17, 15) is 14.7 Å². The summed E-state index contributed by atoms with van der Waals surface area (Å²) in [6.45, 7) is 2.11. The molecule has 2 fully saturated rings. The van der Waals surface area contributed by atoms with Gasteiger partial charge in [-0.2, -0.15) is 0 Å². The van der Waals surface area contributed by atoms with E-state index in [2.05, 4.69) is 5.32 Å². The van der Waals surface area contributed by atoms with Crippen molar-refractivity contribution in [2.75, 3.05) is 33.5 Å². The topological polar surface area (TPSA) is 97.3 Å². The molecule has 0 spiro atoms. The van der Waals surface area contributed by atoms with Gasteiger partial charge in [-0.25, -0.2) is 9.59 Å². The summed E-state index contributed by atoms with van der Waals surface area (Å²) in [4.78, 5) is 26.6. The highest BCUT2D eigenvalue weighted by Crippen LogP contribution is 2.23. The molecule has 1 aromatic rings. The van der Waals surface area contributed by atoms with E-state index in [1.165, 1.54) is 0 Å². The Morgan fingerprint density at radius 3 is 2.54 bits per heavy atom. The van der Waals surface area contributed by atoms with Crippen molar-refractivity contribution in [3.05, 3.63) is 29.8 Å². The van der Waals surface area contributed by atoms with Crippen LogP contribution in [-0.4, -0.2) is 67.1 Å². The highest BCUT2D eigenvalue weighted by Gasteiger charge is 2.42. The molecule has 0 radical (unpaired) electrons. The number of hydrogen-bond acceptors (Lipinski definition) is 5. The molecular formula is C20H28N2O6. The summed E-state index contributed by atoms with van der Waals surface area (Å²) >= 11 is 0. The van der Waals surface area contributed by atoms with Crippen molar-refractivity contribution in [2.45, 2.75) is 43.9 Å². The van der Waals surface area contributed by atoms with E-state index >= 15 is 0 Å². The fourth-order valence-corrected chi connectivity index (χ4v) is 3.60. The molecule has 0 aliphatic carbocycles. The Hall–Kier alpha value is -2.32. The molecule has 1 aromatic carbocycles. The molecule has 1 unspecified atom stereocenters. The van der Waals surface area contributed by atoms with Crippen molar-refractivity contribution in [3.8, 4) is 5.75 Å². The summed E-state index contributed by atoms with van der Waals surface area (Å²) in [6.07, 6.45) is 2.34. The van der Waals surface area contributed by atoms with Crippen LogP contribution in [0.2, 0.25) is 0 Å². The van der Waals surface area contributed by atoms with Gasteiger partial charge in [0.2, 0.25) is 0 Å². The number of rotatable bonds is 7. The normalized spacial score (nSPS) is 21.1. The van der Waals surface area contributed by atoms with Gasteiger partial charge in [0.05, 0.1) is 13.2 Å². The zero-order valence-corrected chi connectivity index (χ0v) is 16.2. The van der Waals surface area contributed by atoms with Gasteiger partial charge in [0.25, 0.3) is 0 Å². The third kappa shape index (κ3) is 4.94. The monoisotopic (exact) mass is 392 g/mol. The van der Waals surface area contributed by atoms with Gasteiger partial charge in [0.15, 0.2) is 0 Å². The van der Waals surface area contributed by atoms with Gasteiger partial charge in [-0.05, 0) is 30.5 Å². The predicted octanol–water partition coefficient (Wildman–Crippen LogP) is 2.02. The highest BCUT2D eigenvalue weighted by molar-refractivity contribution is 5.86. The molecule has 2 N–H and O–H groups in total. The van der Waals surface area contributed by atoms with Crippen molar-refractivity contribution in [3.63, 3.8) is 0 Å². The maximum atomic E-state index is 13.1. The largest absolute Gasteiger partial charge is 0.497 e. The number of carbonyl (C=O) groups is 2. The SMILES string of the molecule is COc1ccc(CN(CC2CCCO2)C(=O)NC2(C(=O)O)CCOCC2)cc1. The molecule has 8 heteroatoms. The van der Waals surface area contributed by atoms with Crippen LogP contribution in [0.5, 0.6) is 5.75 Å². The number of nitrogens with zero attached hydrogens (tertiary/aromatic N) is 1. The smallest absolute Gasteiger partial charge is 0.329 e. The summed E-state index contributed by atoms with van der Waals surface area (Å²) < 4.78 is 16.2.